The highest BCUT2D eigenvalue weighted by atomic mass is 16.8. The second kappa shape index (κ2) is 6.64. The van der Waals surface area contributed by atoms with Gasteiger partial charge in [0, 0.05) is 25.7 Å². The molecule has 2 spiro atoms. The van der Waals surface area contributed by atoms with Crippen LogP contribution < -0.4 is 0 Å². The molecule has 2 N–H and O–H groups in total. The fraction of sp³-hybridized carbons (Fsp3) is 1.00. The van der Waals surface area contributed by atoms with Gasteiger partial charge in [0.2, 0.25) is 0 Å². The van der Waals surface area contributed by atoms with Crippen LogP contribution in [-0.4, -0.2) is 58.4 Å². The molecule has 6 heteroatoms. The molecule has 5 saturated carbocycles. The first-order valence-electron chi connectivity index (χ1n) is 12.6. The number of aliphatic hydroxyl groups excluding tert-OH is 2. The van der Waals surface area contributed by atoms with Gasteiger partial charge in [-0.05, 0) is 49.4 Å². The zero-order chi connectivity index (χ0) is 20.1. The molecule has 7 fully saturated rings. The Morgan fingerprint density at radius 3 is 1.00 bits per heavy atom. The van der Waals surface area contributed by atoms with Gasteiger partial charge in [-0.1, -0.05) is 25.7 Å². The maximum atomic E-state index is 11.3. The highest BCUT2D eigenvalue weighted by Gasteiger charge is 2.68. The molecule has 0 bridgehead atoms. The zero-order valence-corrected chi connectivity index (χ0v) is 17.8. The van der Waals surface area contributed by atoms with Crippen molar-refractivity contribution >= 4 is 0 Å². The quantitative estimate of drug-likeness (QED) is 0.628. The predicted molar refractivity (Wildman–Crippen MR) is 106 cm³/mol. The standard InChI is InChI=1S/C24H36O6/c25-17-19-20(28-23(27-19)9-13-5-1-2-6-14(13)10-23)18(26)22-21(17)29-24(30-22)11-15-7-3-4-8-16(15)12-24/h13-22,25-26H,1-12H2/t13?,14?,15?,16?,17-,18-,19-,20-,21-,22+,23?,24?/m0/s1. The molecule has 7 aliphatic rings. The van der Waals surface area contributed by atoms with Crippen molar-refractivity contribution in [1.82, 2.24) is 0 Å². The summed E-state index contributed by atoms with van der Waals surface area (Å²) in [6.45, 7) is 0. The van der Waals surface area contributed by atoms with Crippen molar-refractivity contribution in [2.75, 3.05) is 0 Å². The van der Waals surface area contributed by atoms with E-state index in [1.165, 1.54) is 51.4 Å². The molecule has 6 nitrogen and oxygen atoms in total. The summed E-state index contributed by atoms with van der Waals surface area (Å²) >= 11 is 0. The van der Waals surface area contributed by atoms with Gasteiger partial charge in [0.15, 0.2) is 11.6 Å². The molecular formula is C24H36O6. The second-order valence-corrected chi connectivity index (χ2v) is 11.6. The van der Waals surface area contributed by atoms with E-state index in [2.05, 4.69) is 0 Å². The third-order valence-electron chi connectivity index (χ3n) is 9.82. The summed E-state index contributed by atoms with van der Waals surface area (Å²) in [5, 5.41) is 22.5. The summed E-state index contributed by atoms with van der Waals surface area (Å²) < 4.78 is 25.9. The molecule has 30 heavy (non-hydrogen) atoms. The molecule has 2 saturated heterocycles. The number of ether oxygens (including phenoxy) is 4. The molecular weight excluding hydrogens is 384 g/mol. The third kappa shape index (κ3) is 2.70. The Morgan fingerprint density at radius 2 is 0.733 bits per heavy atom. The molecule has 10 atom stereocenters. The second-order valence-electron chi connectivity index (χ2n) is 11.6. The van der Waals surface area contributed by atoms with Crippen LogP contribution in [0, 0.1) is 23.7 Å². The number of rotatable bonds is 0. The van der Waals surface area contributed by atoms with Crippen molar-refractivity contribution in [3.8, 4) is 0 Å². The highest BCUT2D eigenvalue weighted by molar-refractivity contribution is 5.11. The average molecular weight is 421 g/mol. The van der Waals surface area contributed by atoms with Gasteiger partial charge < -0.3 is 29.2 Å². The number of hydrogen-bond acceptors (Lipinski definition) is 6. The molecule has 0 radical (unpaired) electrons. The summed E-state index contributed by atoms with van der Waals surface area (Å²) in [7, 11) is 0. The van der Waals surface area contributed by atoms with Gasteiger partial charge in [0.05, 0.1) is 0 Å². The molecule has 7 rings (SSSR count). The van der Waals surface area contributed by atoms with E-state index in [0.717, 1.165) is 25.7 Å². The van der Waals surface area contributed by atoms with E-state index in [0.29, 0.717) is 23.7 Å². The fourth-order valence-corrected chi connectivity index (χ4v) is 8.54. The number of aliphatic hydroxyl groups is 2. The lowest BCUT2D eigenvalue weighted by atomic mass is 9.82. The first-order valence-corrected chi connectivity index (χ1v) is 12.6. The minimum absolute atomic E-state index is 0.524. The molecule has 0 aromatic rings. The van der Waals surface area contributed by atoms with Crippen molar-refractivity contribution in [2.45, 2.75) is 125 Å². The van der Waals surface area contributed by atoms with Crippen LogP contribution in [0.2, 0.25) is 0 Å². The van der Waals surface area contributed by atoms with Crippen molar-refractivity contribution < 1.29 is 29.2 Å². The Kier molecular flexibility index (Phi) is 4.26. The molecule has 2 heterocycles. The van der Waals surface area contributed by atoms with E-state index in [1.807, 2.05) is 0 Å². The highest BCUT2D eigenvalue weighted by Crippen LogP contribution is 2.58. The Balaban J connectivity index is 1.11. The van der Waals surface area contributed by atoms with Crippen LogP contribution in [0.15, 0.2) is 0 Å². The normalized spacial score (nSPS) is 61.8. The van der Waals surface area contributed by atoms with E-state index < -0.39 is 48.2 Å². The van der Waals surface area contributed by atoms with Crippen LogP contribution in [-0.2, 0) is 18.9 Å². The first-order chi connectivity index (χ1) is 14.5. The van der Waals surface area contributed by atoms with Crippen molar-refractivity contribution in [1.29, 1.82) is 0 Å². The predicted octanol–water partition coefficient (Wildman–Crippen LogP) is 2.88. The third-order valence-corrected chi connectivity index (χ3v) is 9.82. The van der Waals surface area contributed by atoms with E-state index >= 15 is 0 Å². The molecule has 2 aliphatic heterocycles. The van der Waals surface area contributed by atoms with Gasteiger partial charge in [0.1, 0.15) is 36.6 Å². The van der Waals surface area contributed by atoms with Gasteiger partial charge >= 0.3 is 0 Å². The van der Waals surface area contributed by atoms with Gasteiger partial charge in [-0.15, -0.1) is 0 Å². The van der Waals surface area contributed by atoms with Gasteiger partial charge in [-0.2, -0.15) is 0 Å². The molecule has 0 aromatic carbocycles. The topological polar surface area (TPSA) is 77.4 Å². The van der Waals surface area contributed by atoms with Crippen molar-refractivity contribution in [2.24, 2.45) is 23.7 Å². The Morgan fingerprint density at radius 1 is 0.467 bits per heavy atom. The van der Waals surface area contributed by atoms with Crippen LogP contribution in [0.4, 0.5) is 0 Å². The molecule has 0 aromatic heterocycles. The van der Waals surface area contributed by atoms with Crippen LogP contribution in [0.3, 0.4) is 0 Å². The van der Waals surface area contributed by atoms with Gasteiger partial charge in [-0.3, -0.25) is 0 Å². The number of fused-ring (bicyclic) bond motifs is 4. The van der Waals surface area contributed by atoms with E-state index in [-0.39, 0.29) is 0 Å². The van der Waals surface area contributed by atoms with Crippen LogP contribution in [0.25, 0.3) is 0 Å². The SMILES string of the molecule is O[C@@H]1[C@H]2OC3(CC4CCCCC4C3)O[C@H]2[C@@H](O)[C@@H]2OC3(CC4CCCCC4C3)O[C@@H]12. The van der Waals surface area contributed by atoms with Crippen molar-refractivity contribution in [3.05, 3.63) is 0 Å². The van der Waals surface area contributed by atoms with Crippen LogP contribution in [0.1, 0.15) is 77.0 Å². The largest absolute Gasteiger partial charge is 0.387 e. The first kappa shape index (κ1) is 19.2. The van der Waals surface area contributed by atoms with Gasteiger partial charge in [-0.25, -0.2) is 0 Å². The maximum absolute atomic E-state index is 11.3. The molecule has 168 valence electrons. The van der Waals surface area contributed by atoms with Crippen LogP contribution >= 0.6 is 0 Å². The van der Waals surface area contributed by atoms with Gasteiger partial charge in [0.25, 0.3) is 0 Å². The number of hydrogen-bond donors (Lipinski definition) is 2. The average Bonchev–Trinajstić information content (AvgIpc) is 3.48. The lowest BCUT2D eigenvalue weighted by Gasteiger charge is -2.38. The lowest BCUT2D eigenvalue weighted by Crippen LogP contribution is -2.61. The van der Waals surface area contributed by atoms with E-state index in [1.54, 1.807) is 0 Å². The van der Waals surface area contributed by atoms with Crippen molar-refractivity contribution in [3.63, 3.8) is 0 Å². The maximum Gasteiger partial charge on any atom is 0.170 e. The Hall–Kier alpha value is -0.240. The Bertz CT molecular complexity index is 583. The summed E-state index contributed by atoms with van der Waals surface area (Å²) in [4.78, 5) is 0. The zero-order valence-electron chi connectivity index (χ0n) is 17.8. The lowest BCUT2D eigenvalue weighted by molar-refractivity contribution is -0.206. The smallest absolute Gasteiger partial charge is 0.170 e. The fourth-order valence-electron chi connectivity index (χ4n) is 8.54. The Labute approximate surface area is 178 Å². The summed E-state index contributed by atoms with van der Waals surface area (Å²) in [6, 6.07) is 0. The van der Waals surface area contributed by atoms with E-state index in [9.17, 15) is 10.2 Å². The van der Waals surface area contributed by atoms with Crippen LogP contribution in [0.5, 0.6) is 0 Å². The molecule has 5 aliphatic carbocycles. The minimum Gasteiger partial charge on any atom is -0.387 e. The monoisotopic (exact) mass is 420 g/mol. The minimum atomic E-state index is -0.813. The van der Waals surface area contributed by atoms with E-state index in [4.69, 9.17) is 18.9 Å². The summed E-state index contributed by atoms with van der Waals surface area (Å²) in [5.41, 5.74) is 0. The summed E-state index contributed by atoms with van der Waals surface area (Å²) in [6.07, 6.45) is 10.1. The molecule has 0 amide bonds. The summed E-state index contributed by atoms with van der Waals surface area (Å²) in [5.74, 6) is 1.37. The molecule has 4 unspecified atom stereocenters.